The number of nitriles is 1. The summed E-state index contributed by atoms with van der Waals surface area (Å²) in [7, 11) is 0. The van der Waals surface area contributed by atoms with Crippen molar-refractivity contribution in [2.24, 2.45) is 0 Å². The quantitative estimate of drug-likeness (QED) is 0.467. The molecule has 0 aliphatic rings. The van der Waals surface area contributed by atoms with E-state index in [1.165, 1.54) is 11.3 Å². The van der Waals surface area contributed by atoms with Crippen LogP contribution in [0.2, 0.25) is 0 Å². The number of H-pyrrole nitrogens is 1. The van der Waals surface area contributed by atoms with E-state index in [4.69, 9.17) is 10.2 Å². The number of rotatable bonds is 5. The minimum absolute atomic E-state index is 0.0602. The SMILES string of the molecule is C[C@@H](SCc1ccc(C#N)cc1)c1nc2scc(-c3cccs3)c2c(=O)[nH]1. The minimum atomic E-state index is -0.0783. The van der Waals surface area contributed by atoms with Crippen LogP contribution in [0.5, 0.6) is 0 Å². The van der Waals surface area contributed by atoms with Crippen molar-refractivity contribution in [3.8, 4) is 16.5 Å². The highest BCUT2D eigenvalue weighted by atomic mass is 32.2. The predicted molar refractivity (Wildman–Crippen MR) is 114 cm³/mol. The van der Waals surface area contributed by atoms with Gasteiger partial charge in [-0.25, -0.2) is 4.98 Å². The average molecular weight is 410 g/mol. The van der Waals surface area contributed by atoms with Gasteiger partial charge in [-0.15, -0.1) is 34.4 Å². The zero-order valence-electron chi connectivity index (χ0n) is 14.4. The van der Waals surface area contributed by atoms with E-state index in [0.717, 1.165) is 26.6 Å². The molecule has 0 amide bonds. The van der Waals surface area contributed by atoms with Crippen LogP contribution in [0, 0.1) is 11.3 Å². The smallest absolute Gasteiger partial charge is 0.260 e. The van der Waals surface area contributed by atoms with Crippen LogP contribution in [-0.2, 0) is 5.75 Å². The van der Waals surface area contributed by atoms with Crippen LogP contribution in [0.25, 0.3) is 20.7 Å². The number of hydrogen-bond acceptors (Lipinski definition) is 6. The third-order valence-corrected chi connectivity index (χ3v) is 7.22. The summed E-state index contributed by atoms with van der Waals surface area (Å²) in [5.74, 6) is 1.49. The molecule has 0 fully saturated rings. The van der Waals surface area contributed by atoms with Gasteiger partial charge in [-0.3, -0.25) is 4.79 Å². The van der Waals surface area contributed by atoms with Crippen LogP contribution in [0.15, 0.2) is 52.0 Å². The van der Waals surface area contributed by atoms with Gasteiger partial charge in [-0.2, -0.15) is 5.26 Å². The van der Waals surface area contributed by atoms with Crippen LogP contribution in [0.3, 0.4) is 0 Å². The normalized spacial score (nSPS) is 12.1. The number of aromatic amines is 1. The number of benzene rings is 1. The summed E-state index contributed by atoms with van der Waals surface area (Å²) < 4.78 is 0. The Morgan fingerprint density at radius 3 is 2.78 bits per heavy atom. The topological polar surface area (TPSA) is 69.5 Å². The van der Waals surface area contributed by atoms with E-state index < -0.39 is 0 Å². The van der Waals surface area contributed by atoms with Gasteiger partial charge >= 0.3 is 0 Å². The molecule has 3 aromatic heterocycles. The summed E-state index contributed by atoms with van der Waals surface area (Å²) in [5.41, 5.74) is 2.69. The van der Waals surface area contributed by atoms with Gasteiger partial charge in [0.15, 0.2) is 0 Å². The van der Waals surface area contributed by atoms with Crippen molar-refractivity contribution in [3.05, 3.63) is 74.5 Å². The first-order valence-corrected chi connectivity index (χ1v) is 11.1. The number of thioether (sulfide) groups is 1. The fourth-order valence-corrected chi connectivity index (χ4v) is 5.42. The highest BCUT2D eigenvalue weighted by Gasteiger charge is 2.16. The Morgan fingerprint density at radius 1 is 1.26 bits per heavy atom. The molecule has 0 spiro atoms. The minimum Gasteiger partial charge on any atom is -0.309 e. The second kappa shape index (κ2) is 7.69. The molecule has 1 atom stereocenters. The molecule has 7 heteroatoms. The first-order valence-electron chi connectivity index (χ1n) is 8.31. The maximum Gasteiger partial charge on any atom is 0.260 e. The molecule has 4 aromatic rings. The van der Waals surface area contributed by atoms with Crippen molar-refractivity contribution in [2.45, 2.75) is 17.9 Å². The Kier molecular flexibility index (Phi) is 5.12. The van der Waals surface area contributed by atoms with Crippen LogP contribution < -0.4 is 5.56 Å². The van der Waals surface area contributed by atoms with E-state index in [0.29, 0.717) is 16.8 Å². The molecule has 1 aromatic carbocycles. The lowest BCUT2D eigenvalue weighted by Crippen LogP contribution is -2.12. The molecular weight excluding hydrogens is 394 g/mol. The van der Waals surface area contributed by atoms with Crippen LogP contribution >= 0.6 is 34.4 Å². The number of nitrogens with one attached hydrogen (secondary N) is 1. The number of hydrogen-bond donors (Lipinski definition) is 1. The van der Waals surface area contributed by atoms with Crippen molar-refractivity contribution in [1.29, 1.82) is 5.26 Å². The van der Waals surface area contributed by atoms with Gasteiger partial charge < -0.3 is 4.98 Å². The summed E-state index contributed by atoms with van der Waals surface area (Å²) in [5, 5.41) is 13.6. The lowest BCUT2D eigenvalue weighted by atomic mass is 10.2. The lowest BCUT2D eigenvalue weighted by molar-refractivity contribution is 0.925. The molecule has 4 nitrogen and oxygen atoms in total. The Bertz CT molecular complexity index is 1170. The average Bonchev–Trinajstić information content (AvgIpc) is 3.36. The van der Waals surface area contributed by atoms with Gasteiger partial charge in [0.05, 0.1) is 22.3 Å². The molecular formula is C20H15N3OS3. The Balaban J connectivity index is 1.56. The van der Waals surface area contributed by atoms with Gasteiger partial charge in [-0.05, 0) is 36.1 Å². The molecule has 4 rings (SSSR count). The molecule has 3 heterocycles. The molecule has 0 saturated heterocycles. The van der Waals surface area contributed by atoms with Gasteiger partial charge in [0.2, 0.25) is 0 Å². The van der Waals surface area contributed by atoms with Crippen molar-refractivity contribution in [1.82, 2.24) is 9.97 Å². The van der Waals surface area contributed by atoms with E-state index in [1.807, 2.05) is 54.1 Å². The standard InChI is InChI=1S/C20H15N3OS3/c1-12(26-10-14-6-4-13(9-21)5-7-14)18-22-19(24)17-15(11-27-20(17)23-18)16-3-2-8-25-16/h2-8,11-12H,10H2,1H3,(H,22,23,24)/t12-/m1/s1. The molecule has 0 aliphatic heterocycles. The first-order chi connectivity index (χ1) is 13.2. The second-order valence-electron chi connectivity index (χ2n) is 6.02. The highest BCUT2D eigenvalue weighted by molar-refractivity contribution is 7.98. The molecule has 0 unspecified atom stereocenters. The van der Waals surface area contributed by atoms with E-state index in [2.05, 4.69) is 11.1 Å². The van der Waals surface area contributed by atoms with Crippen molar-refractivity contribution in [3.63, 3.8) is 0 Å². The predicted octanol–water partition coefficient (Wildman–Crippen LogP) is 5.58. The maximum absolute atomic E-state index is 12.7. The third-order valence-electron chi connectivity index (χ3n) is 4.22. The first kappa shape index (κ1) is 18.0. The highest BCUT2D eigenvalue weighted by Crippen LogP contribution is 2.35. The number of fused-ring (bicyclic) bond motifs is 1. The fraction of sp³-hybridized carbons (Fsp3) is 0.150. The molecule has 134 valence electrons. The molecule has 0 bridgehead atoms. The van der Waals surface area contributed by atoms with E-state index in [-0.39, 0.29) is 10.8 Å². The van der Waals surface area contributed by atoms with Crippen LogP contribution in [-0.4, -0.2) is 9.97 Å². The summed E-state index contributed by atoms with van der Waals surface area (Å²) in [6, 6.07) is 13.7. The molecule has 1 N–H and O–H groups in total. The lowest BCUT2D eigenvalue weighted by Gasteiger charge is -2.11. The van der Waals surface area contributed by atoms with Gasteiger partial charge in [0.1, 0.15) is 10.7 Å². The molecule has 0 saturated carbocycles. The zero-order valence-corrected chi connectivity index (χ0v) is 16.9. The third kappa shape index (κ3) is 3.69. The van der Waals surface area contributed by atoms with Crippen molar-refractivity contribution >= 4 is 44.7 Å². The summed E-state index contributed by atoms with van der Waals surface area (Å²) >= 11 is 4.85. The van der Waals surface area contributed by atoms with E-state index in [9.17, 15) is 4.79 Å². The number of thiophene rings is 2. The van der Waals surface area contributed by atoms with E-state index in [1.54, 1.807) is 23.1 Å². The van der Waals surface area contributed by atoms with Crippen molar-refractivity contribution in [2.75, 3.05) is 0 Å². The molecule has 0 radical (unpaired) electrons. The van der Waals surface area contributed by atoms with Crippen molar-refractivity contribution < 1.29 is 0 Å². The van der Waals surface area contributed by atoms with E-state index >= 15 is 0 Å². The van der Waals surface area contributed by atoms with Gasteiger partial charge in [0.25, 0.3) is 5.56 Å². The summed E-state index contributed by atoms with van der Waals surface area (Å²) in [4.78, 5) is 22.3. The Morgan fingerprint density at radius 2 is 2.07 bits per heavy atom. The molecule has 27 heavy (non-hydrogen) atoms. The monoisotopic (exact) mass is 409 g/mol. The fourth-order valence-electron chi connectivity index (χ4n) is 2.75. The second-order valence-corrected chi connectivity index (χ2v) is 9.15. The van der Waals surface area contributed by atoms with Crippen LogP contribution in [0.4, 0.5) is 0 Å². The number of nitrogens with zero attached hydrogens (tertiary/aromatic N) is 2. The maximum atomic E-state index is 12.7. The Labute approximate surface area is 168 Å². The zero-order chi connectivity index (χ0) is 18.8. The largest absolute Gasteiger partial charge is 0.309 e. The van der Waals surface area contributed by atoms with Gasteiger partial charge in [-0.1, -0.05) is 18.2 Å². The van der Waals surface area contributed by atoms with Gasteiger partial charge in [0, 0.05) is 21.6 Å². The Hall–Kier alpha value is -2.40. The molecule has 0 aliphatic carbocycles. The van der Waals surface area contributed by atoms with Crippen LogP contribution in [0.1, 0.15) is 29.1 Å². The summed E-state index contributed by atoms with van der Waals surface area (Å²) in [6.45, 7) is 2.05. The number of aromatic nitrogens is 2. The summed E-state index contributed by atoms with van der Waals surface area (Å²) in [6.07, 6.45) is 0.